The number of hydrogen-bond donors (Lipinski definition) is 1. The van der Waals surface area contributed by atoms with Gasteiger partial charge in [0.15, 0.2) is 16.4 Å². The Balaban J connectivity index is 1.42. The highest BCUT2D eigenvalue weighted by molar-refractivity contribution is 7.91. The monoisotopic (exact) mass is 470 g/mol. The van der Waals surface area contributed by atoms with Crippen LogP contribution in [0.15, 0.2) is 54.6 Å². The van der Waals surface area contributed by atoms with Gasteiger partial charge in [0.05, 0.1) is 17.1 Å². The largest absolute Gasteiger partial charge is 0.483 e. The number of carbonyl (C=O) groups is 2. The zero-order valence-electron chi connectivity index (χ0n) is 18.6. The number of amides is 2. The summed E-state index contributed by atoms with van der Waals surface area (Å²) in [6.07, 6.45) is 4.34. The lowest BCUT2D eigenvalue weighted by atomic mass is 10.1. The van der Waals surface area contributed by atoms with Crippen LogP contribution in [0.3, 0.4) is 0 Å². The lowest BCUT2D eigenvalue weighted by molar-refractivity contribution is -0.137. The highest BCUT2D eigenvalue weighted by Gasteiger charge is 2.39. The third kappa shape index (κ3) is 5.93. The molecule has 0 aromatic heterocycles. The summed E-state index contributed by atoms with van der Waals surface area (Å²) in [7, 11) is -3.11. The van der Waals surface area contributed by atoms with Crippen LogP contribution in [0.4, 0.5) is 0 Å². The van der Waals surface area contributed by atoms with Crippen molar-refractivity contribution in [2.75, 3.05) is 18.1 Å². The first-order valence-electron chi connectivity index (χ1n) is 11.5. The molecular weight excluding hydrogens is 440 g/mol. The van der Waals surface area contributed by atoms with E-state index in [1.165, 1.54) is 0 Å². The minimum Gasteiger partial charge on any atom is -0.483 e. The second kappa shape index (κ2) is 10.4. The number of hydrogen-bond acceptors (Lipinski definition) is 5. The lowest BCUT2D eigenvalue weighted by Crippen LogP contribution is -2.48. The predicted octanol–water partition coefficient (Wildman–Crippen LogP) is 2.95. The van der Waals surface area contributed by atoms with Crippen LogP contribution in [0.1, 0.15) is 48.0 Å². The third-order valence-corrected chi connectivity index (χ3v) is 8.14. The number of rotatable bonds is 8. The molecule has 8 heteroatoms. The molecule has 2 aliphatic rings. The topological polar surface area (TPSA) is 92.8 Å². The van der Waals surface area contributed by atoms with Gasteiger partial charge in [-0.05, 0) is 37.0 Å². The molecule has 2 aromatic carbocycles. The highest BCUT2D eigenvalue weighted by Crippen LogP contribution is 2.29. The molecule has 2 amide bonds. The van der Waals surface area contributed by atoms with E-state index >= 15 is 0 Å². The van der Waals surface area contributed by atoms with Crippen molar-refractivity contribution in [2.24, 2.45) is 0 Å². The predicted molar refractivity (Wildman–Crippen MR) is 126 cm³/mol. The van der Waals surface area contributed by atoms with Crippen molar-refractivity contribution in [1.82, 2.24) is 10.2 Å². The van der Waals surface area contributed by atoms with Gasteiger partial charge in [-0.3, -0.25) is 9.59 Å². The Morgan fingerprint density at radius 3 is 2.33 bits per heavy atom. The summed E-state index contributed by atoms with van der Waals surface area (Å²) in [5.41, 5.74) is 1.34. The maximum atomic E-state index is 13.2. The van der Waals surface area contributed by atoms with Gasteiger partial charge in [0.1, 0.15) is 5.75 Å². The molecule has 1 atom stereocenters. The number of nitrogens with zero attached hydrogens (tertiary/aromatic N) is 1. The molecular formula is C25H30N2O5S. The van der Waals surface area contributed by atoms with E-state index < -0.39 is 9.84 Å². The van der Waals surface area contributed by atoms with Gasteiger partial charge in [-0.2, -0.15) is 0 Å². The SMILES string of the molecule is O=C(NCc1ccccc1)c1ccccc1OCC(=O)N(C1CCCC1)[C@H]1CCS(=O)(=O)C1. The summed E-state index contributed by atoms with van der Waals surface area (Å²) < 4.78 is 29.9. The average molecular weight is 471 g/mol. The fourth-order valence-electron chi connectivity index (χ4n) is 4.75. The molecule has 7 nitrogen and oxygen atoms in total. The van der Waals surface area contributed by atoms with Gasteiger partial charge >= 0.3 is 0 Å². The van der Waals surface area contributed by atoms with Gasteiger partial charge in [-0.25, -0.2) is 8.42 Å². The molecule has 1 aliphatic heterocycles. The molecule has 4 rings (SSSR count). The molecule has 0 radical (unpaired) electrons. The van der Waals surface area contributed by atoms with E-state index in [1.807, 2.05) is 30.3 Å². The van der Waals surface area contributed by atoms with Crippen molar-refractivity contribution in [3.05, 3.63) is 65.7 Å². The first-order chi connectivity index (χ1) is 15.9. The number of sulfone groups is 1. The Kier molecular flexibility index (Phi) is 7.33. The van der Waals surface area contributed by atoms with Crippen LogP contribution in [0.2, 0.25) is 0 Å². The Labute approximate surface area is 195 Å². The number of ether oxygens (including phenoxy) is 1. The van der Waals surface area contributed by atoms with E-state index in [-0.39, 0.29) is 42.0 Å². The van der Waals surface area contributed by atoms with Crippen molar-refractivity contribution in [3.63, 3.8) is 0 Å². The van der Waals surface area contributed by atoms with Gasteiger partial charge in [-0.15, -0.1) is 0 Å². The maximum Gasteiger partial charge on any atom is 0.261 e. The van der Waals surface area contributed by atoms with Crippen molar-refractivity contribution in [1.29, 1.82) is 0 Å². The summed E-state index contributed by atoms with van der Waals surface area (Å²) in [6, 6.07) is 16.2. The van der Waals surface area contributed by atoms with E-state index in [1.54, 1.807) is 29.2 Å². The highest BCUT2D eigenvalue weighted by atomic mass is 32.2. The molecule has 0 spiro atoms. The van der Waals surface area contributed by atoms with Crippen LogP contribution >= 0.6 is 0 Å². The van der Waals surface area contributed by atoms with Crippen molar-refractivity contribution >= 4 is 21.7 Å². The molecule has 0 unspecified atom stereocenters. The van der Waals surface area contributed by atoms with E-state index in [0.29, 0.717) is 24.3 Å². The Bertz CT molecular complexity index is 1080. The molecule has 1 N–H and O–H groups in total. The minimum atomic E-state index is -3.11. The van der Waals surface area contributed by atoms with Gasteiger partial charge in [0, 0.05) is 18.6 Å². The van der Waals surface area contributed by atoms with Crippen molar-refractivity contribution in [2.45, 2.75) is 50.7 Å². The van der Waals surface area contributed by atoms with E-state index in [2.05, 4.69) is 5.32 Å². The van der Waals surface area contributed by atoms with Gasteiger partial charge < -0.3 is 15.0 Å². The van der Waals surface area contributed by atoms with Crippen LogP contribution < -0.4 is 10.1 Å². The fourth-order valence-corrected chi connectivity index (χ4v) is 6.46. The number of benzene rings is 2. The first kappa shape index (κ1) is 23.3. The van der Waals surface area contributed by atoms with Crippen LogP contribution in [-0.2, 0) is 21.2 Å². The molecule has 1 saturated heterocycles. The zero-order chi connectivity index (χ0) is 23.3. The van der Waals surface area contributed by atoms with Crippen LogP contribution in [0, 0.1) is 0 Å². The number of carbonyl (C=O) groups excluding carboxylic acids is 2. The Morgan fingerprint density at radius 1 is 0.939 bits per heavy atom. The molecule has 176 valence electrons. The number of nitrogens with one attached hydrogen (secondary N) is 1. The third-order valence-electron chi connectivity index (χ3n) is 6.39. The second-order valence-corrected chi connectivity index (χ2v) is 11.0. The quantitative estimate of drug-likeness (QED) is 0.640. The fraction of sp³-hybridized carbons (Fsp3) is 0.440. The molecule has 2 aromatic rings. The second-order valence-electron chi connectivity index (χ2n) is 8.75. The van der Waals surface area contributed by atoms with Crippen LogP contribution in [0.5, 0.6) is 5.75 Å². The minimum absolute atomic E-state index is 0.0215. The summed E-state index contributed by atoms with van der Waals surface area (Å²) >= 11 is 0. The maximum absolute atomic E-state index is 13.2. The Morgan fingerprint density at radius 2 is 1.64 bits per heavy atom. The van der Waals surface area contributed by atoms with E-state index in [9.17, 15) is 18.0 Å². The Hall–Kier alpha value is -2.87. The zero-order valence-corrected chi connectivity index (χ0v) is 19.4. The average Bonchev–Trinajstić information content (AvgIpc) is 3.47. The first-order valence-corrected chi connectivity index (χ1v) is 13.3. The van der Waals surface area contributed by atoms with Gasteiger partial charge in [0.2, 0.25) is 0 Å². The molecule has 1 aliphatic carbocycles. The molecule has 0 bridgehead atoms. The van der Waals surface area contributed by atoms with Crippen molar-refractivity contribution < 1.29 is 22.7 Å². The molecule has 1 saturated carbocycles. The summed E-state index contributed by atoms with van der Waals surface area (Å²) in [6.45, 7) is 0.161. The normalized spacial score (nSPS) is 19.8. The number of para-hydroxylation sites is 1. The molecule has 1 heterocycles. The smallest absolute Gasteiger partial charge is 0.261 e. The molecule has 2 fully saturated rings. The lowest BCUT2D eigenvalue weighted by Gasteiger charge is -2.34. The summed E-state index contributed by atoms with van der Waals surface area (Å²) in [4.78, 5) is 27.7. The standard InChI is InChI=1S/C25H30N2O5S/c28-24(27(20-10-4-5-11-20)21-14-15-33(30,31)18-21)17-32-23-13-7-6-12-22(23)25(29)26-16-19-8-2-1-3-9-19/h1-3,6-9,12-13,20-21H,4-5,10-11,14-18H2,(H,26,29)/t21-/m0/s1. The van der Waals surface area contributed by atoms with E-state index in [4.69, 9.17) is 4.74 Å². The summed E-state index contributed by atoms with van der Waals surface area (Å²) in [5, 5.41) is 2.88. The molecule has 33 heavy (non-hydrogen) atoms. The van der Waals surface area contributed by atoms with Gasteiger partial charge in [-0.1, -0.05) is 55.3 Å². The van der Waals surface area contributed by atoms with Gasteiger partial charge in [0.25, 0.3) is 11.8 Å². The van der Waals surface area contributed by atoms with Crippen LogP contribution in [-0.4, -0.2) is 55.3 Å². The van der Waals surface area contributed by atoms with Crippen molar-refractivity contribution in [3.8, 4) is 5.75 Å². The van der Waals surface area contributed by atoms with Crippen LogP contribution in [0.25, 0.3) is 0 Å². The van der Waals surface area contributed by atoms with E-state index in [0.717, 1.165) is 31.2 Å². The summed E-state index contributed by atoms with van der Waals surface area (Å²) in [5.74, 6) is -0.0190.